The van der Waals surface area contributed by atoms with Crippen LogP contribution in [0.3, 0.4) is 0 Å². The van der Waals surface area contributed by atoms with E-state index in [-0.39, 0.29) is 23.6 Å². The molecule has 3 aromatic carbocycles. The first-order valence-corrected chi connectivity index (χ1v) is 17.3. The van der Waals surface area contributed by atoms with Crippen molar-refractivity contribution in [2.24, 2.45) is 5.41 Å². The standard InChI is InChI=1S/C38H42FN3O3.C4H10O/c1-25-8-6-7-9-32(25)37(45)42(24-29-12-16-31(39)17-13-29)23-28-10-14-30(15-11-28)35-27(3)40-26(2)33(22-34(43)44)36(35)41-20-18-38(4,5)19-21-41;1-4(2,3)5/h6-17H,18-24H2,1-5H3,(H,43,44);5H,1-3H3. The van der Waals surface area contributed by atoms with E-state index in [0.717, 1.165) is 76.4 Å². The minimum atomic E-state index is -0.872. The van der Waals surface area contributed by atoms with Gasteiger partial charge in [0.15, 0.2) is 0 Å². The van der Waals surface area contributed by atoms with Gasteiger partial charge in [0, 0.05) is 54.3 Å². The van der Waals surface area contributed by atoms with E-state index in [1.54, 1.807) is 37.8 Å². The average molecular weight is 682 g/mol. The van der Waals surface area contributed by atoms with Gasteiger partial charge < -0.3 is 20.0 Å². The predicted octanol–water partition coefficient (Wildman–Crippen LogP) is 8.69. The number of aliphatic carboxylic acids is 1. The molecule has 1 aliphatic heterocycles. The Hall–Kier alpha value is -4.56. The number of pyridine rings is 1. The zero-order valence-corrected chi connectivity index (χ0v) is 30.8. The number of carboxylic acids is 1. The highest BCUT2D eigenvalue weighted by molar-refractivity contribution is 5.95. The summed E-state index contributed by atoms with van der Waals surface area (Å²) in [5.41, 5.74) is 8.35. The Morgan fingerprint density at radius 3 is 1.90 bits per heavy atom. The molecule has 1 fully saturated rings. The number of carbonyl (C=O) groups is 2. The van der Waals surface area contributed by atoms with Gasteiger partial charge in [0.2, 0.25) is 0 Å². The second-order valence-electron chi connectivity index (χ2n) is 15.2. The third-order valence-electron chi connectivity index (χ3n) is 8.98. The molecule has 1 aliphatic rings. The molecule has 0 spiro atoms. The molecule has 0 unspecified atom stereocenters. The fourth-order valence-corrected chi connectivity index (χ4v) is 6.25. The number of carboxylic acid groups (broad SMARTS) is 1. The van der Waals surface area contributed by atoms with Crippen LogP contribution in [0.5, 0.6) is 0 Å². The zero-order valence-electron chi connectivity index (χ0n) is 30.8. The van der Waals surface area contributed by atoms with Crippen LogP contribution in [-0.2, 0) is 24.3 Å². The van der Waals surface area contributed by atoms with Gasteiger partial charge in [0.1, 0.15) is 5.82 Å². The van der Waals surface area contributed by atoms with E-state index >= 15 is 0 Å². The number of halogens is 1. The summed E-state index contributed by atoms with van der Waals surface area (Å²) < 4.78 is 13.6. The molecule has 8 heteroatoms. The Morgan fingerprint density at radius 1 is 0.860 bits per heavy atom. The van der Waals surface area contributed by atoms with Crippen LogP contribution in [0.25, 0.3) is 11.1 Å². The molecule has 4 aromatic rings. The molecular formula is C42H52FN3O4. The van der Waals surface area contributed by atoms with Gasteiger partial charge in [-0.15, -0.1) is 0 Å². The smallest absolute Gasteiger partial charge is 0.307 e. The molecule has 1 aromatic heterocycles. The lowest BCUT2D eigenvalue weighted by atomic mass is 9.82. The SMILES string of the molecule is CC(C)(C)O.Cc1ccccc1C(=O)N(Cc1ccc(F)cc1)Cc1ccc(-c2c(C)nc(C)c(CC(=O)O)c2N2CCC(C)(C)CC2)cc1. The number of aliphatic hydroxyl groups is 1. The van der Waals surface area contributed by atoms with Gasteiger partial charge in [-0.1, -0.05) is 68.4 Å². The molecular weight excluding hydrogens is 629 g/mol. The summed E-state index contributed by atoms with van der Waals surface area (Å²) in [7, 11) is 0. The molecule has 5 rings (SSSR count). The molecule has 0 radical (unpaired) electrons. The molecule has 1 saturated heterocycles. The molecule has 2 heterocycles. The predicted molar refractivity (Wildman–Crippen MR) is 199 cm³/mol. The molecule has 266 valence electrons. The van der Waals surface area contributed by atoms with Crippen LogP contribution >= 0.6 is 0 Å². The van der Waals surface area contributed by atoms with Crippen LogP contribution in [0.2, 0.25) is 0 Å². The lowest BCUT2D eigenvalue weighted by Gasteiger charge is -2.40. The Balaban J connectivity index is 0.00000105. The summed E-state index contributed by atoms with van der Waals surface area (Å²) in [6.45, 7) is 18.0. The largest absolute Gasteiger partial charge is 0.481 e. The minimum absolute atomic E-state index is 0.0845. The maximum atomic E-state index is 13.8. The van der Waals surface area contributed by atoms with Crippen molar-refractivity contribution in [2.75, 3.05) is 18.0 Å². The molecule has 1 amide bonds. The third-order valence-corrected chi connectivity index (χ3v) is 8.98. The Morgan fingerprint density at radius 2 is 1.38 bits per heavy atom. The third kappa shape index (κ3) is 10.5. The van der Waals surface area contributed by atoms with Crippen molar-refractivity contribution in [1.29, 1.82) is 0 Å². The Bertz CT molecular complexity index is 1780. The minimum Gasteiger partial charge on any atom is -0.481 e. The number of hydrogen-bond donors (Lipinski definition) is 2. The Labute approximate surface area is 296 Å². The molecule has 0 bridgehead atoms. The molecule has 50 heavy (non-hydrogen) atoms. The maximum absolute atomic E-state index is 13.8. The second kappa shape index (κ2) is 16.0. The summed E-state index contributed by atoms with van der Waals surface area (Å²) in [5.74, 6) is -1.27. The van der Waals surface area contributed by atoms with E-state index in [9.17, 15) is 19.1 Å². The van der Waals surface area contributed by atoms with E-state index in [0.29, 0.717) is 18.7 Å². The second-order valence-corrected chi connectivity index (χ2v) is 15.2. The lowest BCUT2D eigenvalue weighted by molar-refractivity contribution is -0.136. The molecule has 0 atom stereocenters. The lowest BCUT2D eigenvalue weighted by Crippen LogP contribution is -2.38. The van der Waals surface area contributed by atoms with E-state index in [1.807, 2.05) is 69.3 Å². The molecule has 0 aliphatic carbocycles. The van der Waals surface area contributed by atoms with Gasteiger partial charge in [-0.3, -0.25) is 14.6 Å². The van der Waals surface area contributed by atoms with Crippen LogP contribution in [0, 0.1) is 32.0 Å². The first-order chi connectivity index (χ1) is 23.4. The highest BCUT2D eigenvalue weighted by Crippen LogP contribution is 2.41. The molecule has 7 nitrogen and oxygen atoms in total. The van der Waals surface area contributed by atoms with E-state index in [4.69, 9.17) is 10.1 Å². The topological polar surface area (TPSA) is 94.0 Å². The Kier molecular flexibility index (Phi) is 12.2. The summed E-state index contributed by atoms with van der Waals surface area (Å²) in [5, 5.41) is 18.3. The number of nitrogens with zero attached hydrogens (tertiary/aromatic N) is 3. The van der Waals surface area contributed by atoms with Crippen molar-refractivity contribution in [3.05, 3.63) is 118 Å². The number of anilines is 1. The zero-order chi connectivity index (χ0) is 36.8. The van der Waals surface area contributed by atoms with Crippen molar-refractivity contribution in [3.63, 3.8) is 0 Å². The van der Waals surface area contributed by atoms with Crippen LogP contribution in [-0.4, -0.2) is 50.7 Å². The van der Waals surface area contributed by atoms with Crippen LogP contribution < -0.4 is 4.90 Å². The summed E-state index contributed by atoms with van der Waals surface area (Å²) in [6.07, 6.45) is 1.97. The number of aromatic nitrogens is 1. The number of piperidine rings is 1. The van der Waals surface area contributed by atoms with Crippen molar-refractivity contribution < 1.29 is 24.2 Å². The first-order valence-electron chi connectivity index (χ1n) is 17.3. The molecule has 2 N–H and O–H groups in total. The van der Waals surface area contributed by atoms with Gasteiger partial charge in [0.05, 0.1) is 17.7 Å². The fraction of sp³-hybridized carbons (Fsp3) is 0.405. The highest BCUT2D eigenvalue weighted by atomic mass is 19.1. The number of carbonyl (C=O) groups excluding carboxylic acids is 1. The quantitative estimate of drug-likeness (QED) is 0.184. The number of aryl methyl sites for hydroxylation is 3. The van der Waals surface area contributed by atoms with Crippen LogP contribution in [0.4, 0.5) is 10.1 Å². The number of amides is 1. The van der Waals surface area contributed by atoms with Gasteiger partial charge in [-0.2, -0.15) is 0 Å². The number of rotatable bonds is 9. The first kappa shape index (κ1) is 38.2. The van der Waals surface area contributed by atoms with Gasteiger partial charge >= 0.3 is 5.97 Å². The normalized spacial score (nSPS) is 14.1. The number of benzene rings is 3. The van der Waals surface area contributed by atoms with E-state index in [1.165, 1.54) is 12.1 Å². The fourth-order valence-electron chi connectivity index (χ4n) is 6.25. The summed E-state index contributed by atoms with van der Waals surface area (Å²) in [4.78, 5) is 34.7. The summed E-state index contributed by atoms with van der Waals surface area (Å²) in [6, 6.07) is 21.9. The van der Waals surface area contributed by atoms with Gasteiger partial charge in [0.25, 0.3) is 5.91 Å². The summed E-state index contributed by atoms with van der Waals surface area (Å²) >= 11 is 0. The molecule has 0 saturated carbocycles. The van der Waals surface area contributed by atoms with Gasteiger partial charge in [-0.05, 0) is 100 Å². The average Bonchev–Trinajstić information content (AvgIpc) is 3.02. The maximum Gasteiger partial charge on any atom is 0.307 e. The van der Waals surface area contributed by atoms with Crippen molar-refractivity contribution in [1.82, 2.24) is 9.88 Å². The van der Waals surface area contributed by atoms with Crippen molar-refractivity contribution in [2.45, 2.75) is 93.3 Å². The van der Waals surface area contributed by atoms with Crippen LogP contribution in [0.15, 0.2) is 72.8 Å². The van der Waals surface area contributed by atoms with E-state index < -0.39 is 11.6 Å². The van der Waals surface area contributed by atoms with Crippen molar-refractivity contribution >= 4 is 17.6 Å². The van der Waals surface area contributed by atoms with E-state index in [2.05, 4.69) is 18.7 Å². The highest BCUT2D eigenvalue weighted by Gasteiger charge is 2.30. The van der Waals surface area contributed by atoms with Crippen molar-refractivity contribution in [3.8, 4) is 11.1 Å². The number of hydrogen-bond acceptors (Lipinski definition) is 5. The van der Waals surface area contributed by atoms with Crippen LogP contribution in [0.1, 0.15) is 91.5 Å². The monoisotopic (exact) mass is 681 g/mol. The van der Waals surface area contributed by atoms with Gasteiger partial charge in [-0.25, -0.2) is 4.39 Å².